The topological polar surface area (TPSA) is 42.1 Å². The van der Waals surface area contributed by atoms with E-state index in [9.17, 15) is 0 Å². The highest BCUT2D eigenvalue weighted by Gasteiger charge is 2.46. The van der Waals surface area contributed by atoms with Crippen molar-refractivity contribution in [1.29, 1.82) is 0 Å². The fraction of sp³-hybridized carbons (Fsp3) is 0.136. The molecule has 11 aromatic carbocycles. The zero-order valence-electron chi connectivity index (χ0n) is 55.3. The summed E-state index contributed by atoms with van der Waals surface area (Å²) in [5, 5.41) is 4.96. The summed E-state index contributed by atoms with van der Waals surface area (Å²) in [7, 11) is 0. The molecule has 0 N–H and O–H groups in total. The molecule has 0 aliphatic carbocycles. The van der Waals surface area contributed by atoms with E-state index in [1.54, 1.807) is 0 Å². The summed E-state index contributed by atoms with van der Waals surface area (Å²) >= 11 is 0. The smallest absolute Gasteiger partial charge is 0.252 e. The van der Waals surface area contributed by atoms with E-state index in [1.165, 1.54) is 76.7 Å². The minimum Gasteiger partial charge on any atom is -0.310 e. The molecule has 0 bridgehead atoms. The summed E-state index contributed by atoms with van der Waals surface area (Å²) in [5.74, 6) is 0. The monoisotopic (exact) mass is 1220 g/mol. The van der Waals surface area contributed by atoms with Crippen LogP contribution in [0.5, 0.6) is 0 Å². The van der Waals surface area contributed by atoms with Gasteiger partial charge in [0.15, 0.2) is 0 Å². The van der Waals surface area contributed by atoms with Gasteiger partial charge in [-0.2, -0.15) is 0 Å². The van der Waals surface area contributed by atoms with Gasteiger partial charge >= 0.3 is 0 Å². The van der Waals surface area contributed by atoms with Crippen molar-refractivity contribution in [2.45, 2.75) is 78.6 Å². The van der Waals surface area contributed by atoms with Crippen LogP contribution in [0.25, 0.3) is 99.5 Å². The van der Waals surface area contributed by atoms with Crippen molar-refractivity contribution in [3.05, 3.63) is 296 Å². The van der Waals surface area contributed by atoms with E-state index in [4.69, 9.17) is 9.97 Å². The Balaban J connectivity index is 1.04. The Labute approximate surface area is 557 Å². The maximum Gasteiger partial charge on any atom is 0.252 e. The molecule has 0 spiro atoms. The first-order chi connectivity index (χ1) is 46.1. The number of hydrogen-bond acceptors (Lipinski definition) is 4. The molecule has 7 heteroatoms. The van der Waals surface area contributed by atoms with Crippen LogP contribution in [0.4, 0.5) is 34.1 Å². The van der Waals surface area contributed by atoms with E-state index < -0.39 is 0 Å². The highest BCUT2D eigenvalue weighted by atomic mass is 15.2. The molecular formula is C88H73BN6. The zero-order chi connectivity index (χ0) is 64.6. The van der Waals surface area contributed by atoms with E-state index in [0.717, 1.165) is 90.0 Å². The van der Waals surface area contributed by atoms with Crippen LogP contribution in [0, 0.1) is 0 Å². The van der Waals surface area contributed by atoms with Crippen LogP contribution in [0.3, 0.4) is 0 Å². The molecule has 0 radical (unpaired) electrons. The summed E-state index contributed by atoms with van der Waals surface area (Å²) in [6, 6.07) is 95.5. The number of fused-ring (bicyclic) bond motifs is 10. The number of nitrogens with zero attached hydrogens (tertiary/aromatic N) is 6. The second kappa shape index (κ2) is 21.8. The normalized spacial score (nSPS) is 13.0. The second-order valence-corrected chi connectivity index (χ2v) is 29.1. The van der Waals surface area contributed by atoms with Crippen molar-refractivity contribution < 1.29 is 0 Å². The number of aromatic nitrogens is 4. The highest BCUT2D eigenvalue weighted by Crippen LogP contribution is 2.54. The molecule has 0 saturated heterocycles. The molecule has 6 nitrogen and oxygen atoms in total. The van der Waals surface area contributed by atoms with Crippen molar-refractivity contribution in [3.8, 4) is 55.9 Å². The molecule has 95 heavy (non-hydrogen) atoms. The fourth-order valence-electron chi connectivity index (χ4n) is 15.3. The number of anilines is 6. The third kappa shape index (κ3) is 9.37. The first kappa shape index (κ1) is 57.9. The summed E-state index contributed by atoms with van der Waals surface area (Å²) in [6.07, 6.45) is 8.35. The number of rotatable bonds is 8. The summed E-state index contributed by atoms with van der Waals surface area (Å²) in [6.45, 7) is 20.7. The van der Waals surface area contributed by atoms with E-state index in [2.05, 4.69) is 361 Å². The first-order valence-corrected chi connectivity index (χ1v) is 33.4. The van der Waals surface area contributed by atoms with E-state index in [0.29, 0.717) is 0 Å². The molecule has 2 aliphatic rings. The van der Waals surface area contributed by atoms with Gasteiger partial charge in [0.05, 0.1) is 33.4 Å². The predicted molar refractivity (Wildman–Crippen MR) is 403 cm³/mol. The van der Waals surface area contributed by atoms with Crippen molar-refractivity contribution in [3.63, 3.8) is 0 Å². The Hall–Kier alpha value is -11.0. The third-order valence-electron chi connectivity index (χ3n) is 20.1. The van der Waals surface area contributed by atoms with Crippen molar-refractivity contribution in [2.75, 3.05) is 9.80 Å². The molecule has 0 amide bonds. The summed E-state index contributed by atoms with van der Waals surface area (Å²) < 4.78 is 5.01. The Morgan fingerprint density at radius 1 is 0.284 bits per heavy atom. The molecule has 2 aliphatic heterocycles. The quantitative estimate of drug-likeness (QED) is 0.142. The lowest BCUT2D eigenvalue weighted by Gasteiger charge is -2.46. The molecule has 0 atom stereocenters. The highest BCUT2D eigenvalue weighted by molar-refractivity contribution is 7.00. The lowest BCUT2D eigenvalue weighted by molar-refractivity contribution is 0.590. The molecule has 0 unspecified atom stereocenters. The standard InChI is InChI=1S/C88H73BN6/c1-86(2,3)60-38-44-77-67(46-60)65-34-22-24-36-75(65)92(77)63-40-42-73-79(50-63)94(84-69(56-26-14-10-15-27-56)52-90-53-70(84)57-28-16-11-17-29-57)81-48-62(88(7,8)9)49-82-83(81)89(73)74-43-41-64(93-76-37-25-23-35-66(76)68-47-61(87(4,5)6)39-45-78(68)93)51-80(74)95(82)85-71(58-30-18-12-19-31-58)54-91-55-72(85)59-32-20-13-21-33-59/h10-55H,1-9H3. The largest absolute Gasteiger partial charge is 0.310 e. The minimum atomic E-state index is -0.322. The Morgan fingerprint density at radius 2 is 0.611 bits per heavy atom. The summed E-state index contributed by atoms with van der Waals surface area (Å²) in [4.78, 5) is 15.6. The van der Waals surface area contributed by atoms with Gasteiger partial charge in [0.1, 0.15) is 0 Å². The number of para-hydroxylation sites is 2. The van der Waals surface area contributed by atoms with E-state index >= 15 is 0 Å². The summed E-state index contributed by atoms with van der Waals surface area (Å²) in [5.41, 5.74) is 29.0. The molecule has 0 fully saturated rings. The average Bonchev–Trinajstić information content (AvgIpc) is 0.978. The number of benzene rings is 11. The maximum atomic E-state index is 5.17. The Kier molecular flexibility index (Phi) is 13.3. The van der Waals surface area contributed by atoms with Gasteiger partial charge in [0.2, 0.25) is 0 Å². The van der Waals surface area contributed by atoms with Crippen molar-refractivity contribution in [2.24, 2.45) is 0 Å². The first-order valence-electron chi connectivity index (χ1n) is 33.4. The van der Waals surface area contributed by atoms with Crippen LogP contribution in [0.2, 0.25) is 0 Å². The number of hydrogen-bond donors (Lipinski definition) is 0. The van der Waals surface area contributed by atoms with Crippen molar-refractivity contribution >= 4 is 101 Å². The van der Waals surface area contributed by atoms with Gasteiger partial charge in [0.25, 0.3) is 6.71 Å². The van der Waals surface area contributed by atoms with Crippen LogP contribution in [-0.2, 0) is 16.2 Å². The zero-order valence-corrected chi connectivity index (χ0v) is 55.3. The van der Waals surface area contributed by atoms with E-state index in [1.807, 2.05) is 0 Å². The molecule has 15 aromatic rings. The van der Waals surface area contributed by atoms with Gasteiger partial charge in [0, 0.05) is 103 Å². The Morgan fingerprint density at radius 3 is 0.958 bits per heavy atom. The molecule has 6 heterocycles. The van der Waals surface area contributed by atoms with Gasteiger partial charge in [-0.1, -0.05) is 244 Å². The fourth-order valence-corrected chi connectivity index (χ4v) is 15.3. The minimum absolute atomic E-state index is 0.0325. The SMILES string of the molecule is CC(C)(C)c1cc2c3c(c1)N(c1c(-c4ccccc4)cncc1-c1ccccc1)c1cc(-n4c5ccccc5c5cc(C(C)(C)C)ccc54)ccc1B3c1ccc(-n3c4ccccc4c4cc(C(C)(C)C)ccc43)cc1N2c1c(-c2ccccc2)cncc1-c1ccccc1. The second-order valence-electron chi connectivity index (χ2n) is 29.1. The maximum absolute atomic E-state index is 5.17. The van der Waals surface area contributed by atoms with Gasteiger partial charge in [-0.25, -0.2) is 0 Å². The van der Waals surface area contributed by atoms with Crippen LogP contribution >= 0.6 is 0 Å². The van der Waals surface area contributed by atoms with Gasteiger partial charge in [-0.05, 0) is 144 Å². The lowest BCUT2D eigenvalue weighted by atomic mass is 9.33. The third-order valence-corrected chi connectivity index (χ3v) is 20.1. The van der Waals surface area contributed by atoms with Crippen LogP contribution in [0.15, 0.2) is 280 Å². The van der Waals surface area contributed by atoms with Gasteiger partial charge in [-0.3, -0.25) is 9.97 Å². The molecule has 17 rings (SSSR count). The number of pyridine rings is 2. The molecule has 458 valence electrons. The van der Waals surface area contributed by atoms with Crippen LogP contribution in [-0.4, -0.2) is 25.8 Å². The molecular weight excluding hydrogens is 1150 g/mol. The van der Waals surface area contributed by atoms with Gasteiger partial charge < -0.3 is 18.9 Å². The van der Waals surface area contributed by atoms with Crippen LogP contribution in [0.1, 0.15) is 79.0 Å². The predicted octanol–water partition coefficient (Wildman–Crippen LogP) is 21.3. The molecule has 0 saturated carbocycles. The van der Waals surface area contributed by atoms with Gasteiger partial charge in [-0.15, -0.1) is 0 Å². The Bertz CT molecular complexity index is 5100. The van der Waals surface area contributed by atoms with Crippen LogP contribution < -0.4 is 26.2 Å². The lowest BCUT2D eigenvalue weighted by Crippen LogP contribution is -2.61. The molecule has 4 aromatic heterocycles. The van der Waals surface area contributed by atoms with E-state index in [-0.39, 0.29) is 23.0 Å². The average molecular weight is 1230 g/mol. The van der Waals surface area contributed by atoms with Crippen molar-refractivity contribution in [1.82, 2.24) is 19.1 Å².